The molecule has 1 aliphatic heterocycles. The number of unbranched alkanes of at least 4 members (excludes halogenated alkanes) is 1. The number of hydrogen-bond acceptors (Lipinski definition) is 1. The van der Waals surface area contributed by atoms with Crippen LogP contribution in [-0.2, 0) is 0 Å². The van der Waals surface area contributed by atoms with Crippen LogP contribution >= 0.6 is 0 Å². The standard InChI is InChI=1S/C14H29N/c1-3-5-11-14(4-2)15-12-9-7-6-8-10-13-15/h14H,3-13H2,1-2H3. The summed E-state index contributed by atoms with van der Waals surface area (Å²) in [7, 11) is 0. The first kappa shape index (κ1) is 13.0. The van der Waals surface area contributed by atoms with Crippen molar-refractivity contribution in [3.63, 3.8) is 0 Å². The predicted molar refractivity (Wildman–Crippen MR) is 68.3 cm³/mol. The average molecular weight is 211 g/mol. The van der Waals surface area contributed by atoms with Crippen LogP contribution in [0.15, 0.2) is 0 Å². The molecule has 0 aromatic carbocycles. The van der Waals surface area contributed by atoms with Gasteiger partial charge in [0.25, 0.3) is 0 Å². The lowest BCUT2D eigenvalue weighted by molar-refractivity contribution is 0.163. The van der Waals surface area contributed by atoms with Gasteiger partial charge in [0.15, 0.2) is 0 Å². The third-order valence-electron chi connectivity index (χ3n) is 3.77. The molecule has 0 aromatic heterocycles. The Morgan fingerprint density at radius 3 is 2.07 bits per heavy atom. The minimum Gasteiger partial charge on any atom is -0.300 e. The lowest BCUT2D eigenvalue weighted by atomic mass is 10.0. The molecule has 0 amide bonds. The Balaban J connectivity index is 2.33. The number of likely N-dealkylation sites (tertiary alicyclic amines) is 1. The summed E-state index contributed by atoms with van der Waals surface area (Å²) >= 11 is 0. The van der Waals surface area contributed by atoms with Crippen LogP contribution < -0.4 is 0 Å². The maximum atomic E-state index is 2.77. The Hall–Kier alpha value is -0.0400. The van der Waals surface area contributed by atoms with Crippen LogP contribution in [0, 0.1) is 0 Å². The maximum Gasteiger partial charge on any atom is 0.00926 e. The first-order valence-corrected chi connectivity index (χ1v) is 7.12. The topological polar surface area (TPSA) is 3.24 Å². The highest BCUT2D eigenvalue weighted by atomic mass is 15.1. The van der Waals surface area contributed by atoms with Crippen LogP contribution in [0.5, 0.6) is 0 Å². The van der Waals surface area contributed by atoms with E-state index in [0.717, 1.165) is 6.04 Å². The summed E-state index contributed by atoms with van der Waals surface area (Å²) in [6, 6.07) is 0.878. The van der Waals surface area contributed by atoms with Gasteiger partial charge in [0.05, 0.1) is 0 Å². The Bertz CT molecular complexity index is 136. The van der Waals surface area contributed by atoms with Crippen molar-refractivity contribution < 1.29 is 0 Å². The van der Waals surface area contributed by atoms with Gasteiger partial charge in [-0.2, -0.15) is 0 Å². The molecule has 1 nitrogen and oxygen atoms in total. The highest BCUT2D eigenvalue weighted by Gasteiger charge is 2.16. The lowest BCUT2D eigenvalue weighted by Gasteiger charge is -2.32. The van der Waals surface area contributed by atoms with E-state index in [1.807, 2.05) is 0 Å². The van der Waals surface area contributed by atoms with Crippen molar-refractivity contribution >= 4 is 0 Å². The molecule has 0 N–H and O–H groups in total. The van der Waals surface area contributed by atoms with Gasteiger partial charge in [-0.05, 0) is 38.8 Å². The van der Waals surface area contributed by atoms with Crippen molar-refractivity contribution in [3.8, 4) is 0 Å². The summed E-state index contributed by atoms with van der Waals surface area (Å²) in [5, 5.41) is 0. The first-order chi connectivity index (χ1) is 7.38. The fourth-order valence-electron chi connectivity index (χ4n) is 2.72. The molecule has 1 atom stereocenters. The molecule has 0 aliphatic carbocycles. The molecule has 1 fully saturated rings. The third-order valence-corrected chi connectivity index (χ3v) is 3.77. The van der Waals surface area contributed by atoms with E-state index in [1.54, 1.807) is 0 Å². The molecule has 1 heteroatoms. The highest BCUT2D eigenvalue weighted by molar-refractivity contribution is 4.72. The fourth-order valence-corrected chi connectivity index (χ4v) is 2.72. The number of rotatable bonds is 5. The zero-order valence-corrected chi connectivity index (χ0v) is 10.8. The van der Waals surface area contributed by atoms with Gasteiger partial charge in [-0.15, -0.1) is 0 Å². The van der Waals surface area contributed by atoms with Crippen LogP contribution in [0.3, 0.4) is 0 Å². The third kappa shape index (κ3) is 5.01. The van der Waals surface area contributed by atoms with E-state index in [9.17, 15) is 0 Å². The molecular weight excluding hydrogens is 182 g/mol. The Labute approximate surface area is 96.2 Å². The summed E-state index contributed by atoms with van der Waals surface area (Å²) < 4.78 is 0. The van der Waals surface area contributed by atoms with Gasteiger partial charge in [0.1, 0.15) is 0 Å². The lowest BCUT2D eigenvalue weighted by Crippen LogP contribution is -2.37. The predicted octanol–water partition coefficient (Wildman–Crippen LogP) is 4.22. The van der Waals surface area contributed by atoms with Gasteiger partial charge in [-0.25, -0.2) is 0 Å². The summed E-state index contributed by atoms with van der Waals surface area (Å²) in [5.74, 6) is 0. The summed E-state index contributed by atoms with van der Waals surface area (Å²) in [5.41, 5.74) is 0. The second-order valence-electron chi connectivity index (χ2n) is 5.01. The minimum atomic E-state index is 0.878. The van der Waals surface area contributed by atoms with Crippen LogP contribution in [0.25, 0.3) is 0 Å². The molecule has 0 radical (unpaired) electrons. The van der Waals surface area contributed by atoms with Crippen molar-refractivity contribution in [2.24, 2.45) is 0 Å². The van der Waals surface area contributed by atoms with E-state index in [2.05, 4.69) is 18.7 Å². The Morgan fingerprint density at radius 1 is 0.933 bits per heavy atom. The van der Waals surface area contributed by atoms with E-state index in [1.165, 1.54) is 70.9 Å². The van der Waals surface area contributed by atoms with E-state index < -0.39 is 0 Å². The van der Waals surface area contributed by atoms with Crippen LogP contribution in [-0.4, -0.2) is 24.0 Å². The van der Waals surface area contributed by atoms with E-state index >= 15 is 0 Å². The van der Waals surface area contributed by atoms with Gasteiger partial charge < -0.3 is 4.90 Å². The van der Waals surface area contributed by atoms with Crippen LogP contribution in [0.2, 0.25) is 0 Å². The molecule has 1 aliphatic rings. The van der Waals surface area contributed by atoms with Crippen LogP contribution in [0.4, 0.5) is 0 Å². The SMILES string of the molecule is CCCCC(CC)N1CCCCCCC1. The summed E-state index contributed by atoms with van der Waals surface area (Å²) in [6.07, 6.45) is 12.8. The smallest absolute Gasteiger partial charge is 0.00926 e. The minimum absolute atomic E-state index is 0.878. The monoisotopic (exact) mass is 211 g/mol. The molecule has 0 saturated carbocycles. The van der Waals surface area contributed by atoms with Crippen molar-refractivity contribution in [3.05, 3.63) is 0 Å². The highest BCUT2D eigenvalue weighted by Crippen LogP contribution is 2.17. The second-order valence-corrected chi connectivity index (χ2v) is 5.01. The normalized spacial score (nSPS) is 22.0. The van der Waals surface area contributed by atoms with Gasteiger partial charge in [-0.1, -0.05) is 46.0 Å². The zero-order valence-electron chi connectivity index (χ0n) is 10.8. The molecule has 1 unspecified atom stereocenters. The summed E-state index contributed by atoms with van der Waals surface area (Å²) in [4.78, 5) is 2.77. The van der Waals surface area contributed by atoms with Crippen molar-refractivity contribution in [1.82, 2.24) is 4.90 Å². The molecule has 15 heavy (non-hydrogen) atoms. The molecule has 0 spiro atoms. The van der Waals surface area contributed by atoms with Crippen molar-refractivity contribution in [1.29, 1.82) is 0 Å². The molecular formula is C14H29N. The van der Waals surface area contributed by atoms with Crippen LogP contribution in [0.1, 0.15) is 71.6 Å². The maximum absolute atomic E-state index is 2.77. The van der Waals surface area contributed by atoms with E-state index in [4.69, 9.17) is 0 Å². The summed E-state index contributed by atoms with van der Waals surface area (Å²) in [6.45, 7) is 7.39. The van der Waals surface area contributed by atoms with Crippen molar-refractivity contribution in [2.75, 3.05) is 13.1 Å². The van der Waals surface area contributed by atoms with E-state index in [-0.39, 0.29) is 0 Å². The molecule has 90 valence electrons. The molecule has 1 saturated heterocycles. The Kier molecular flexibility index (Phi) is 7.08. The van der Waals surface area contributed by atoms with Gasteiger partial charge in [0.2, 0.25) is 0 Å². The van der Waals surface area contributed by atoms with Gasteiger partial charge in [-0.3, -0.25) is 0 Å². The fraction of sp³-hybridized carbons (Fsp3) is 1.00. The molecule has 1 heterocycles. The van der Waals surface area contributed by atoms with Crippen molar-refractivity contribution in [2.45, 2.75) is 77.7 Å². The number of hydrogen-bond donors (Lipinski definition) is 0. The zero-order chi connectivity index (χ0) is 10.9. The van der Waals surface area contributed by atoms with Gasteiger partial charge >= 0.3 is 0 Å². The quantitative estimate of drug-likeness (QED) is 0.658. The van der Waals surface area contributed by atoms with Gasteiger partial charge in [0, 0.05) is 6.04 Å². The molecule has 1 rings (SSSR count). The number of nitrogens with zero attached hydrogens (tertiary/aromatic N) is 1. The average Bonchev–Trinajstić information content (AvgIpc) is 2.21. The largest absolute Gasteiger partial charge is 0.300 e. The molecule has 0 aromatic rings. The first-order valence-electron chi connectivity index (χ1n) is 7.12. The Morgan fingerprint density at radius 2 is 1.53 bits per heavy atom. The molecule has 0 bridgehead atoms. The van der Waals surface area contributed by atoms with E-state index in [0.29, 0.717) is 0 Å². The second kappa shape index (κ2) is 8.15.